The molecule has 2 N–H and O–H groups in total. The Morgan fingerprint density at radius 1 is 1.38 bits per heavy atom. The van der Waals surface area contributed by atoms with Gasteiger partial charge < -0.3 is 10.2 Å². The Hall–Kier alpha value is -1.40. The summed E-state index contributed by atoms with van der Waals surface area (Å²) < 4.78 is 0. The first-order chi connectivity index (χ1) is 10.2. The van der Waals surface area contributed by atoms with Crippen LogP contribution >= 0.6 is 11.3 Å². The van der Waals surface area contributed by atoms with Gasteiger partial charge in [0, 0.05) is 18.0 Å². The molecule has 5 nitrogen and oxygen atoms in total. The molecule has 2 atom stereocenters. The number of nitrogens with one attached hydrogen (secondary N) is 2. The van der Waals surface area contributed by atoms with Crippen LogP contribution in [0.15, 0.2) is 11.4 Å². The second-order valence-electron chi connectivity index (χ2n) is 6.10. The van der Waals surface area contributed by atoms with E-state index in [9.17, 15) is 9.59 Å². The molecule has 2 fully saturated rings. The SMILES string of the molecule is O=C1CNC(C(=O)N2CCc3sccc3C2C2CC2)CN1. The van der Waals surface area contributed by atoms with E-state index in [1.807, 2.05) is 11.3 Å². The topological polar surface area (TPSA) is 61.4 Å². The van der Waals surface area contributed by atoms with E-state index < -0.39 is 0 Å². The van der Waals surface area contributed by atoms with Crippen molar-refractivity contribution in [1.82, 2.24) is 15.5 Å². The molecule has 1 aromatic rings. The zero-order chi connectivity index (χ0) is 14.4. The van der Waals surface area contributed by atoms with Gasteiger partial charge in [0.2, 0.25) is 11.8 Å². The van der Waals surface area contributed by atoms with E-state index in [4.69, 9.17) is 0 Å². The smallest absolute Gasteiger partial charge is 0.242 e. The minimum absolute atomic E-state index is 0.0310. The molecule has 112 valence electrons. The Kier molecular flexibility index (Phi) is 3.23. The van der Waals surface area contributed by atoms with Gasteiger partial charge in [-0.25, -0.2) is 0 Å². The number of hydrogen-bond donors (Lipinski definition) is 2. The van der Waals surface area contributed by atoms with Crippen LogP contribution in [0.5, 0.6) is 0 Å². The molecule has 1 aromatic heterocycles. The number of rotatable bonds is 2. The lowest BCUT2D eigenvalue weighted by molar-refractivity contribution is -0.138. The average Bonchev–Trinajstić information content (AvgIpc) is 3.22. The standard InChI is InChI=1S/C15H19N3O2S/c19-13-8-16-11(7-17-13)15(20)18-5-3-12-10(4-6-21-12)14(18)9-1-2-9/h4,6,9,11,14,16H,1-3,5,7-8H2,(H,17,19). The first kappa shape index (κ1) is 13.3. The number of hydrogen-bond acceptors (Lipinski definition) is 4. The summed E-state index contributed by atoms with van der Waals surface area (Å²) in [4.78, 5) is 27.6. The van der Waals surface area contributed by atoms with Gasteiger partial charge in [0.1, 0.15) is 6.04 Å². The van der Waals surface area contributed by atoms with Crippen molar-refractivity contribution in [3.63, 3.8) is 0 Å². The maximum Gasteiger partial charge on any atom is 0.242 e. The summed E-state index contributed by atoms with van der Waals surface area (Å²) in [6.45, 7) is 1.45. The third-order valence-electron chi connectivity index (χ3n) is 4.68. The van der Waals surface area contributed by atoms with Crippen molar-refractivity contribution in [1.29, 1.82) is 0 Å². The molecule has 2 unspecified atom stereocenters. The van der Waals surface area contributed by atoms with Gasteiger partial charge in [0.15, 0.2) is 0 Å². The lowest BCUT2D eigenvalue weighted by Gasteiger charge is -2.39. The molecular formula is C15H19N3O2S. The van der Waals surface area contributed by atoms with Crippen molar-refractivity contribution < 1.29 is 9.59 Å². The molecule has 1 saturated carbocycles. The maximum atomic E-state index is 12.8. The van der Waals surface area contributed by atoms with Gasteiger partial charge in [-0.05, 0) is 42.2 Å². The normalized spacial score (nSPS) is 29.0. The van der Waals surface area contributed by atoms with Crippen LogP contribution < -0.4 is 10.6 Å². The molecule has 6 heteroatoms. The number of fused-ring (bicyclic) bond motifs is 1. The van der Waals surface area contributed by atoms with Crippen LogP contribution in [-0.2, 0) is 16.0 Å². The van der Waals surface area contributed by atoms with Crippen molar-refractivity contribution in [2.45, 2.75) is 31.3 Å². The van der Waals surface area contributed by atoms with Gasteiger partial charge in [-0.2, -0.15) is 0 Å². The summed E-state index contributed by atoms with van der Waals surface area (Å²) in [7, 11) is 0. The molecule has 0 aromatic carbocycles. The van der Waals surface area contributed by atoms with Gasteiger partial charge in [-0.3, -0.25) is 14.9 Å². The van der Waals surface area contributed by atoms with Crippen molar-refractivity contribution in [3.8, 4) is 0 Å². The summed E-state index contributed by atoms with van der Waals surface area (Å²) in [5.74, 6) is 0.737. The highest BCUT2D eigenvalue weighted by atomic mass is 32.1. The number of carbonyl (C=O) groups excluding carboxylic acids is 2. The largest absolute Gasteiger partial charge is 0.353 e. The molecule has 4 rings (SSSR count). The molecule has 1 saturated heterocycles. The molecule has 1 aliphatic carbocycles. The van der Waals surface area contributed by atoms with E-state index in [-0.39, 0.29) is 30.4 Å². The molecule has 0 bridgehead atoms. The summed E-state index contributed by atoms with van der Waals surface area (Å²) in [5.41, 5.74) is 1.36. The summed E-state index contributed by atoms with van der Waals surface area (Å²) in [6.07, 6.45) is 3.40. The Morgan fingerprint density at radius 3 is 2.95 bits per heavy atom. The minimum atomic E-state index is -0.274. The predicted molar refractivity (Wildman–Crippen MR) is 80.0 cm³/mol. The molecular weight excluding hydrogens is 286 g/mol. The van der Waals surface area contributed by atoms with Crippen LogP contribution in [0.3, 0.4) is 0 Å². The first-order valence-electron chi connectivity index (χ1n) is 7.61. The van der Waals surface area contributed by atoms with Gasteiger partial charge in [0.05, 0.1) is 12.6 Å². The minimum Gasteiger partial charge on any atom is -0.353 e. The fourth-order valence-electron chi connectivity index (χ4n) is 3.46. The van der Waals surface area contributed by atoms with Crippen LogP contribution in [0.4, 0.5) is 0 Å². The zero-order valence-electron chi connectivity index (χ0n) is 11.8. The Morgan fingerprint density at radius 2 is 2.24 bits per heavy atom. The lowest BCUT2D eigenvalue weighted by Crippen LogP contribution is -2.59. The fraction of sp³-hybridized carbons (Fsp3) is 0.600. The third kappa shape index (κ3) is 2.36. The number of piperazine rings is 1. The third-order valence-corrected chi connectivity index (χ3v) is 5.67. The van der Waals surface area contributed by atoms with Crippen molar-refractivity contribution >= 4 is 23.2 Å². The van der Waals surface area contributed by atoms with E-state index in [1.54, 1.807) is 0 Å². The van der Waals surface area contributed by atoms with Crippen LogP contribution in [0.25, 0.3) is 0 Å². The molecule has 3 heterocycles. The second kappa shape index (κ2) is 5.10. The van der Waals surface area contributed by atoms with Gasteiger partial charge in [-0.1, -0.05) is 0 Å². The number of carbonyl (C=O) groups is 2. The van der Waals surface area contributed by atoms with E-state index >= 15 is 0 Å². The monoisotopic (exact) mass is 305 g/mol. The van der Waals surface area contributed by atoms with Gasteiger partial charge >= 0.3 is 0 Å². The molecule has 0 spiro atoms. The summed E-state index contributed by atoms with van der Waals surface area (Å²) in [6, 6.07) is 2.18. The first-order valence-corrected chi connectivity index (χ1v) is 8.49. The van der Waals surface area contributed by atoms with Crippen molar-refractivity contribution in [2.24, 2.45) is 5.92 Å². The Labute approximate surface area is 127 Å². The van der Waals surface area contributed by atoms with Gasteiger partial charge in [-0.15, -0.1) is 11.3 Å². The van der Waals surface area contributed by atoms with Crippen LogP contribution in [0.2, 0.25) is 0 Å². The maximum absolute atomic E-state index is 12.8. The predicted octanol–water partition coefficient (Wildman–Crippen LogP) is 0.672. The van der Waals surface area contributed by atoms with E-state index in [0.29, 0.717) is 12.5 Å². The van der Waals surface area contributed by atoms with Crippen LogP contribution in [-0.4, -0.2) is 42.4 Å². The highest BCUT2D eigenvalue weighted by Crippen LogP contribution is 2.48. The van der Waals surface area contributed by atoms with E-state index in [0.717, 1.165) is 13.0 Å². The highest BCUT2D eigenvalue weighted by molar-refractivity contribution is 7.10. The molecule has 2 amide bonds. The van der Waals surface area contributed by atoms with Crippen molar-refractivity contribution in [3.05, 3.63) is 21.9 Å². The number of amides is 2. The summed E-state index contributed by atoms with van der Waals surface area (Å²) in [5, 5.41) is 7.99. The van der Waals surface area contributed by atoms with Gasteiger partial charge in [0.25, 0.3) is 0 Å². The highest BCUT2D eigenvalue weighted by Gasteiger charge is 2.43. The molecule has 0 radical (unpaired) electrons. The number of thiophene rings is 1. The van der Waals surface area contributed by atoms with E-state index in [1.165, 1.54) is 23.3 Å². The van der Waals surface area contributed by atoms with Crippen molar-refractivity contribution in [2.75, 3.05) is 19.6 Å². The molecule has 3 aliphatic rings. The number of nitrogens with zero attached hydrogens (tertiary/aromatic N) is 1. The summed E-state index contributed by atoms with van der Waals surface area (Å²) >= 11 is 1.81. The Balaban J connectivity index is 1.56. The molecule has 21 heavy (non-hydrogen) atoms. The van der Waals surface area contributed by atoms with E-state index in [2.05, 4.69) is 27.0 Å². The van der Waals surface area contributed by atoms with Crippen LogP contribution in [0.1, 0.15) is 29.3 Å². The molecule has 2 aliphatic heterocycles. The zero-order valence-corrected chi connectivity index (χ0v) is 12.6. The average molecular weight is 305 g/mol. The second-order valence-corrected chi connectivity index (χ2v) is 7.10. The Bertz CT molecular complexity index is 571. The fourth-order valence-corrected chi connectivity index (χ4v) is 4.37. The van der Waals surface area contributed by atoms with Crippen LogP contribution in [0, 0.1) is 5.92 Å². The lowest BCUT2D eigenvalue weighted by atomic mass is 9.95. The quantitative estimate of drug-likeness (QED) is 0.844.